The molecule has 8 nitrogen and oxygen atoms in total. The number of likely N-dealkylation sites (tertiary alicyclic amines) is 1. The van der Waals surface area contributed by atoms with Crippen molar-refractivity contribution in [1.29, 1.82) is 0 Å². The highest BCUT2D eigenvalue weighted by molar-refractivity contribution is 8.00. The molecule has 1 fully saturated rings. The molecule has 3 aromatic carbocycles. The summed E-state index contributed by atoms with van der Waals surface area (Å²) in [6.45, 7) is 3.43. The van der Waals surface area contributed by atoms with Crippen LogP contribution in [0.25, 0.3) is 16.9 Å². The van der Waals surface area contributed by atoms with E-state index in [0.717, 1.165) is 59.6 Å². The molecular formula is C33H34N4O4S. The van der Waals surface area contributed by atoms with E-state index in [2.05, 4.69) is 0 Å². The van der Waals surface area contributed by atoms with Crippen LogP contribution in [0.4, 0.5) is 5.82 Å². The SMILES string of the molecule is COc1ccc(OC)c(C2SCC(=O)N(CC(=O)N3CCCC3)c3c2c(-c2ccccc2)nn3-c2ccccc2C)c1. The van der Waals surface area contributed by atoms with E-state index in [1.807, 2.05) is 89.3 Å². The van der Waals surface area contributed by atoms with Crippen LogP contribution in [0.15, 0.2) is 72.8 Å². The number of methoxy groups -OCH3 is 2. The molecule has 2 amide bonds. The molecule has 2 aliphatic heterocycles. The van der Waals surface area contributed by atoms with Crippen molar-refractivity contribution in [1.82, 2.24) is 14.7 Å². The third-order valence-corrected chi connectivity index (χ3v) is 9.19. The Morgan fingerprint density at radius 3 is 2.43 bits per heavy atom. The molecule has 0 aliphatic carbocycles. The summed E-state index contributed by atoms with van der Waals surface area (Å²) >= 11 is 1.52. The van der Waals surface area contributed by atoms with Gasteiger partial charge in [0.15, 0.2) is 0 Å². The molecule has 1 aromatic heterocycles. The standard InChI is InChI=1S/C33H34N4O4S/c1-22-11-7-8-14-26(22)37-33-30(31(34-37)23-12-5-4-6-13-23)32(25-19-24(40-2)15-16-27(25)41-3)42-21-29(39)36(33)20-28(38)35-17-9-10-18-35/h4-8,11-16,19,32H,9-10,17-18,20-21H2,1-3H3. The molecule has 42 heavy (non-hydrogen) atoms. The molecule has 0 radical (unpaired) electrons. The fourth-order valence-electron chi connectivity index (χ4n) is 5.79. The topological polar surface area (TPSA) is 76.9 Å². The van der Waals surface area contributed by atoms with Crippen LogP contribution in [-0.4, -0.2) is 66.1 Å². The average Bonchev–Trinajstić information content (AvgIpc) is 3.67. The van der Waals surface area contributed by atoms with Crippen LogP contribution in [0.2, 0.25) is 0 Å². The highest BCUT2D eigenvalue weighted by Gasteiger charge is 2.39. The first kappa shape index (κ1) is 27.9. The van der Waals surface area contributed by atoms with Crippen LogP contribution >= 0.6 is 11.8 Å². The number of thioether (sulfide) groups is 1. The van der Waals surface area contributed by atoms with Crippen molar-refractivity contribution in [2.75, 3.05) is 44.5 Å². The Bertz CT molecular complexity index is 1610. The largest absolute Gasteiger partial charge is 0.497 e. The summed E-state index contributed by atoms with van der Waals surface area (Å²) < 4.78 is 13.3. The number of rotatable bonds is 7. The normalized spacial score (nSPS) is 16.7. The number of carbonyl (C=O) groups is 2. The van der Waals surface area contributed by atoms with E-state index < -0.39 is 0 Å². The quantitative estimate of drug-likeness (QED) is 0.280. The highest BCUT2D eigenvalue weighted by atomic mass is 32.2. The smallest absolute Gasteiger partial charge is 0.242 e. The molecule has 216 valence electrons. The minimum atomic E-state index is -0.325. The lowest BCUT2D eigenvalue weighted by Gasteiger charge is -2.26. The van der Waals surface area contributed by atoms with Crippen molar-refractivity contribution >= 4 is 29.4 Å². The first-order chi connectivity index (χ1) is 20.5. The fraction of sp³-hybridized carbons (Fsp3) is 0.303. The van der Waals surface area contributed by atoms with Gasteiger partial charge < -0.3 is 14.4 Å². The zero-order valence-electron chi connectivity index (χ0n) is 24.1. The molecule has 1 unspecified atom stereocenters. The fourth-order valence-corrected chi connectivity index (χ4v) is 7.00. The molecule has 2 aliphatic rings. The minimum absolute atomic E-state index is 0.0415. The lowest BCUT2D eigenvalue weighted by Crippen LogP contribution is -2.43. The van der Waals surface area contributed by atoms with Crippen LogP contribution in [0, 0.1) is 6.92 Å². The first-order valence-corrected chi connectivity index (χ1v) is 15.2. The molecule has 3 heterocycles. The second-order valence-corrected chi connectivity index (χ2v) is 11.6. The third kappa shape index (κ3) is 5.13. The number of fused-ring (bicyclic) bond motifs is 1. The maximum Gasteiger partial charge on any atom is 0.242 e. The molecule has 1 saturated heterocycles. The predicted octanol–water partition coefficient (Wildman–Crippen LogP) is 5.66. The third-order valence-electron chi connectivity index (χ3n) is 7.95. The summed E-state index contributed by atoms with van der Waals surface area (Å²) in [5.41, 5.74) is 5.28. The zero-order valence-corrected chi connectivity index (χ0v) is 24.9. The van der Waals surface area contributed by atoms with Gasteiger partial charge in [-0.25, -0.2) is 4.68 Å². The van der Waals surface area contributed by atoms with Gasteiger partial charge in [0.05, 0.1) is 36.6 Å². The molecule has 9 heteroatoms. The van der Waals surface area contributed by atoms with Gasteiger partial charge in [-0.05, 0) is 49.6 Å². The molecule has 0 spiro atoms. The number of aromatic nitrogens is 2. The Morgan fingerprint density at radius 2 is 1.71 bits per heavy atom. The number of ether oxygens (including phenoxy) is 2. The van der Waals surface area contributed by atoms with Crippen LogP contribution < -0.4 is 14.4 Å². The van der Waals surface area contributed by atoms with Crippen molar-refractivity contribution in [2.24, 2.45) is 0 Å². The Hall–Kier alpha value is -4.24. The van der Waals surface area contributed by atoms with Crippen molar-refractivity contribution in [3.63, 3.8) is 0 Å². The number of para-hydroxylation sites is 1. The zero-order chi connectivity index (χ0) is 29.2. The van der Waals surface area contributed by atoms with E-state index >= 15 is 0 Å². The molecule has 0 saturated carbocycles. The van der Waals surface area contributed by atoms with Gasteiger partial charge in [0.25, 0.3) is 0 Å². The number of carbonyl (C=O) groups excluding carboxylic acids is 2. The van der Waals surface area contributed by atoms with E-state index in [0.29, 0.717) is 17.3 Å². The second kappa shape index (κ2) is 11.9. The highest BCUT2D eigenvalue weighted by Crippen LogP contribution is 2.51. The summed E-state index contributed by atoms with van der Waals surface area (Å²) in [5, 5.41) is 4.89. The van der Waals surface area contributed by atoms with E-state index in [1.165, 1.54) is 11.8 Å². The Kier molecular flexibility index (Phi) is 7.93. The summed E-state index contributed by atoms with van der Waals surface area (Å²) in [4.78, 5) is 31.1. The average molecular weight is 583 g/mol. The number of amides is 2. The Balaban J connectivity index is 1.64. The minimum Gasteiger partial charge on any atom is -0.497 e. The molecule has 1 atom stereocenters. The molecular weight excluding hydrogens is 548 g/mol. The number of hydrogen-bond donors (Lipinski definition) is 0. The van der Waals surface area contributed by atoms with Crippen LogP contribution in [0.3, 0.4) is 0 Å². The number of nitrogens with zero attached hydrogens (tertiary/aromatic N) is 4. The maximum absolute atomic E-state index is 14.0. The lowest BCUT2D eigenvalue weighted by atomic mass is 9.98. The lowest BCUT2D eigenvalue weighted by molar-refractivity contribution is -0.130. The number of anilines is 1. The summed E-state index contributed by atoms with van der Waals surface area (Å²) in [6, 6.07) is 23.7. The van der Waals surface area contributed by atoms with E-state index in [-0.39, 0.29) is 29.4 Å². The molecule has 4 aromatic rings. The van der Waals surface area contributed by atoms with Gasteiger partial charge >= 0.3 is 0 Å². The van der Waals surface area contributed by atoms with Gasteiger partial charge in [0, 0.05) is 29.8 Å². The molecule has 6 rings (SSSR count). The van der Waals surface area contributed by atoms with Gasteiger partial charge in [-0.1, -0.05) is 48.5 Å². The van der Waals surface area contributed by atoms with E-state index in [9.17, 15) is 9.59 Å². The Labute approximate surface area is 250 Å². The van der Waals surface area contributed by atoms with Crippen LogP contribution in [-0.2, 0) is 9.59 Å². The molecule has 0 N–H and O–H groups in total. The predicted molar refractivity (Wildman–Crippen MR) is 166 cm³/mol. The van der Waals surface area contributed by atoms with Crippen LogP contribution in [0.1, 0.15) is 34.8 Å². The van der Waals surface area contributed by atoms with Gasteiger partial charge in [0.2, 0.25) is 11.8 Å². The second-order valence-electron chi connectivity index (χ2n) is 10.5. The van der Waals surface area contributed by atoms with E-state index in [1.54, 1.807) is 19.1 Å². The van der Waals surface area contributed by atoms with Crippen LogP contribution in [0.5, 0.6) is 11.5 Å². The summed E-state index contributed by atoms with van der Waals surface area (Å²) in [6.07, 6.45) is 1.97. The van der Waals surface area contributed by atoms with Crippen molar-refractivity contribution in [3.05, 3.63) is 89.5 Å². The Morgan fingerprint density at radius 1 is 0.976 bits per heavy atom. The summed E-state index contributed by atoms with van der Waals surface area (Å²) in [5.74, 6) is 2.00. The summed E-state index contributed by atoms with van der Waals surface area (Å²) in [7, 11) is 3.28. The van der Waals surface area contributed by atoms with Crippen molar-refractivity contribution in [3.8, 4) is 28.4 Å². The first-order valence-electron chi connectivity index (χ1n) is 14.2. The van der Waals surface area contributed by atoms with Crippen molar-refractivity contribution < 1.29 is 19.1 Å². The number of hydrogen-bond acceptors (Lipinski definition) is 6. The maximum atomic E-state index is 14.0. The van der Waals surface area contributed by atoms with Gasteiger partial charge in [-0.2, -0.15) is 5.10 Å². The molecule has 0 bridgehead atoms. The number of aryl methyl sites for hydroxylation is 1. The van der Waals surface area contributed by atoms with Crippen molar-refractivity contribution in [2.45, 2.75) is 25.0 Å². The monoisotopic (exact) mass is 582 g/mol. The van der Waals surface area contributed by atoms with E-state index in [4.69, 9.17) is 14.6 Å². The van der Waals surface area contributed by atoms with Gasteiger partial charge in [-0.15, -0.1) is 11.8 Å². The number of benzene rings is 3. The van der Waals surface area contributed by atoms with Gasteiger partial charge in [-0.3, -0.25) is 14.5 Å². The van der Waals surface area contributed by atoms with Gasteiger partial charge in [0.1, 0.15) is 23.9 Å².